The molecule has 0 fully saturated rings. The molecular weight excluding hydrogens is 348 g/mol. The fraction of sp³-hybridized carbons (Fsp3) is 0.0476. The van der Waals surface area contributed by atoms with Crippen LogP contribution in [0.25, 0.3) is 4.91 Å². The maximum absolute atomic E-state index is 13.1. The van der Waals surface area contributed by atoms with Gasteiger partial charge in [-0.05, 0) is 28.7 Å². The first-order chi connectivity index (χ1) is 12.2. The Morgan fingerprint density at radius 3 is 1.88 bits per heavy atom. The molecule has 0 bridgehead atoms. The third-order valence-corrected chi connectivity index (χ3v) is 6.56. The van der Waals surface area contributed by atoms with Gasteiger partial charge in [-0.15, -0.1) is 11.8 Å². The van der Waals surface area contributed by atoms with E-state index in [1.807, 2.05) is 66.7 Å². The Morgan fingerprint density at radius 2 is 1.28 bits per heavy atom. The normalized spacial score (nSPS) is 12.1. The summed E-state index contributed by atoms with van der Waals surface area (Å²) < 4.78 is 26.2. The van der Waals surface area contributed by atoms with Crippen LogP contribution < -0.4 is 0 Å². The highest BCUT2D eigenvalue weighted by molar-refractivity contribution is 8.05. The highest BCUT2D eigenvalue weighted by atomic mass is 32.2. The van der Waals surface area contributed by atoms with E-state index in [4.69, 9.17) is 0 Å². The summed E-state index contributed by atoms with van der Waals surface area (Å²) >= 11 is 1.49. The van der Waals surface area contributed by atoms with E-state index in [-0.39, 0.29) is 0 Å². The quantitative estimate of drug-likeness (QED) is 0.586. The zero-order valence-electron chi connectivity index (χ0n) is 13.6. The van der Waals surface area contributed by atoms with Crippen molar-refractivity contribution in [1.82, 2.24) is 0 Å². The lowest BCUT2D eigenvalue weighted by Crippen LogP contribution is -2.04. The molecule has 0 N–H and O–H groups in total. The minimum atomic E-state index is -3.57. The average Bonchev–Trinajstić information content (AvgIpc) is 2.67. The van der Waals surface area contributed by atoms with E-state index < -0.39 is 9.84 Å². The summed E-state index contributed by atoms with van der Waals surface area (Å²) in [6.07, 6.45) is 0. The van der Waals surface area contributed by atoms with Crippen LogP contribution in [0.4, 0.5) is 0 Å². The monoisotopic (exact) mass is 366 g/mol. The Labute approximate surface area is 153 Å². The van der Waals surface area contributed by atoms with Gasteiger partial charge in [-0.1, -0.05) is 78.9 Å². The summed E-state index contributed by atoms with van der Waals surface area (Å²) in [5.41, 5.74) is 1.86. The van der Waals surface area contributed by atoms with Crippen LogP contribution in [0.2, 0.25) is 0 Å². The van der Waals surface area contributed by atoms with Crippen molar-refractivity contribution < 1.29 is 8.42 Å². The van der Waals surface area contributed by atoms with Gasteiger partial charge in [0.25, 0.3) is 0 Å². The van der Waals surface area contributed by atoms with Crippen molar-refractivity contribution in [2.45, 2.75) is 10.6 Å². The summed E-state index contributed by atoms with van der Waals surface area (Å²) in [7, 11) is -3.57. The van der Waals surface area contributed by atoms with Crippen LogP contribution in [-0.4, -0.2) is 8.42 Å². The fourth-order valence-electron chi connectivity index (χ4n) is 2.40. The van der Waals surface area contributed by atoms with Gasteiger partial charge in [0.2, 0.25) is 9.84 Å². The molecule has 0 aliphatic heterocycles. The molecule has 0 atom stereocenters. The largest absolute Gasteiger partial charge is 0.218 e. The third kappa shape index (κ3) is 4.41. The van der Waals surface area contributed by atoms with E-state index in [1.54, 1.807) is 29.7 Å². The molecule has 0 saturated heterocycles. The number of hydrogen-bond donors (Lipinski definition) is 0. The molecule has 0 unspecified atom stereocenters. The zero-order chi connectivity index (χ0) is 17.5. The number of sulfone groups is 1. The van der Waals surface area contributed by atoms with Crippen LogP contribution >= 0.6 is 11.8 Å². The van der Waals surface area contributed by atoms with Gasteiger partial charge in [-0.25, -0.2) is 8.42 Å². The van der Waals surface area contributed by atoms with Crippen LogP contribution in [0.5, 0.6) is 0 Å². The summed E-state index contributed by atoms with van der Waals surface area (Å²) in [6, 6.07) is 27.8. The van der Waals surface area contributed by atoms with Crippen molar-refractivity contribution in [3.63, 3.8) is 0 Å². The molecule has 0 amide bonds. The van der Waals surface area contributed by atoms with Gasteiger partial charge in [0, 0.05) is 5.75 Å². The maximum Gasteiger partial charge on any atom is 0.207 e. The molecular formula is C21H18O2S2. The van der Waals surface area contributed by atoms with E-state index >= 15 is 0 Å². The van der Waals surface area contributed by atoms with Crippen molar-refractivity contribution in [3.05, 3.63) is 108 Å². The lowest BCUT2D eigenvalue weighted by molar-refractivity contribution is 0.606. The molecule has 3 aromatic rings. The van der Waals surface area contributed by atoms with Crippen molar-refractivity contribution >= 4 is 26.5 Å². The summed E-state index contributed by atoms with van der Waals surface area (Å²) in [4.78, 5) is 0.644. The van der Waals surface area contributed by atoms with Crippen LogP contribution in [0, 0.1) is 0 Å². The summed E-state index contributed by atoms with van der Waals surface area (Å²) in [5, 5.41) is 1.75. The highest BCUT2D eigenvalue weighted by Gasteiger charge is 2.21. The number of hydrogen-bond acceptors (Lipinski definition) is 3. The second-order valence-electron chi connectivity index (χ2n) is 5.46. The standard InChI is InChI=1S/C21H18O2S2/c22-25(23,20-14-8-3-9-15-20)21(19-12-6-2-7-13-19)17-24-16-18-10-4-1-5-11-18/h1-15,17H,16H2/b21-17+. The van der Waals surface area contributed by atoms with Gasteiger partial charge in [-0.3, -0.25) is 0 Å². The fourth-order valence-corrected chi connectivity index (χ4v) is 5.09. The first kappa shape index (κ1) is 17.5. The Bertz CT molecular complexity index is 933. The molecule has 0 aliphatic rings. The predicted molar refractivity (Wildman–Crippen MR) is 106 cm³/mol. The molecule has 126 valence electrons. The van der Waals surface area contributed by atoms with Gasteiger partial charge < -0.3 is 0 Å². The highest BCUT2D eigenvalue weighted by Crippen LogP contribution is 2.30. The van der Waals surface area contributed by atoms with Crippen LogP contribution in [-0.2, 0) is 15.6 Å². The topological polar surface area (TPSA) is 34.1 Å². The Kier molecular flexibility index (Phi) is 5.74. The van der Waals surface area contributed by atoms with Gasteiger partial charge in [0.1, 0.15) is 0 Å². The minimum absolute atomic E-state index is 0.311. The second-order valence-corrected chi connectivity index (χ2v) is 8.24. The van der Waals surface area contributed by atoms with E-state index in [9.17, 15) is 8.42 Å². The summed E-state index contributed by atoms with van der Waals surface area (Å²) in [5.74, 6) is 0.724. The molecule has 0 radical (unpaired) electrons. The van der Waals surface area contributed by atoms with Gasteiger partial charge in [0.15, 0.2) is 0 Å². The Balaban J connectivity index is 1.95. The Morgan fingerprint density at radius 1 is 0.760 bits per heavy atom. The lowest BCUT2D eigenvalue weighted by Gasteiger charge is -2.10. The van der Waals surface area contributed by atoms with E-state index in [0.29, 0.717) is 15.4 Å². The smallest absolute Gasteiger partial charge is 0.207 e. The van der Waals surface area contributed by atoms with E-state index in [2.05, 4.69) is 0 Å². The Hall–Kier alpha value is -2.30. The van der Waals surface area contributed by atoms with Crippen molar-refractivity contribution in [3.8, 4) is 0 Å². The molecule has 0 saturated carbocycles. The van der Waals surface area contributed by atoms with Crippen molar-refractivity contribution in [2.75, 3.05) is 0 Å². The molecule has 0 heterocycles. The lowest BCUT2D eigenvalue weighted by atomic mass is 10.2. The molecule has 0 aliphatic carbocycles. The molecule has 3 rings (SSSR count). The molecule has 3 aromatic carbocycles. The minimum Gasteiger partial charge on any atom is -0.218 e. The van der Waals surface area contributed by atoms with Gasteiger partial charge in [-0.2, -0.15) is 0 Å². The maximum atomic E-state index is 13.1. The first-order valence-electron chi connectivity index (χ1n) is 7.89. The molecule has 25 heavy (non-hydrogen) atoms. The van der Waals surface area contributed by atoms with Gasteiger partial charge in [0.05, 0.1) is 9.80 Å². The number of thioether (sulfide) groups is 1. The van der Waals surface area contributed by atoms with E-state index in [0.717, 1.165) is 11.3 Å². The number of rotatable bonds is 6. The van der Waals surface area contributed by atoms with Crippen LogP contribution in [0.3, 0.4) is 0 Å². The predicted octanol–water partition coefficient (Wildman–Crippen LogP) is 5.39. The molecule has 0 aromatic heterocycles. The molecule has 2 nitrogen and oxygen atoms in total. The zero-order valence-corrected chi connectivity index (χ0v) is 15.2. The molecule has 0 spiro atoms. The average molecular weight is 367 g/mol. The van der Waals surface area contributed by atoms with Crippen LogP contribution in [0.15, 0.2) is 101 Å². The van der Waals surface area contributed by atoms with Crippen molar-refractivity contribution in [1.29, 1.82) is 0 Å². The van der Waals surface area contributed by atoms with E-state index in [1.165, 1.54) is 11.8 Å². The van der Waals surface area contributed by atoms with Crippen molar-refractivity contribution in [2.24, 2.45) is 0 Å². The van der Waals surface area contributed by atoms with Crippen LogP contribution in [0.1, 0.15) is 11.1 Å². The number of benzene rings is 3. The SMILES string of the molecule is O=S(=O)(/C(=C/SCc1ccccc1)c1ccccc1)c1ccccc1. The first-order valence-corrected chi connectivity index (χ1v) is 10.4. The summed E-state index contributed by atoms with van der Waals surface area (Å²) in [6.45, 7) is 0. The molecule has 4 heteroatoms. The third-order valence-electron chi connectivity index (χ3n) is 3.68. The second kappa shape index (κ2) is 8.19. The van der Waals surface area contributed by atoms with Gasteiger partial charge >= 0.3 is 0 Å².